The molecule has 11 nitrogen and oxygen atoms in total. The number of allylic oxidation sites excluding steroid dienone is 4. The van der Waals surface area contributed by atoms with E-state index < -0.39 is 80.4 Å². The van der Waals surface area contributed by atoms with Crippen molar-refractivity contribution in [3.8, 4) is 23.7 Å². The van der Waals surface area contributed by atoms with E-state index in [9.17, 15) is 39.9 Å². The summed E-state index contributed by atoms with van der Waals surface area (Å²) in [7, 11) is -6.13. The van der Waals surface area contributed by atoms with Gasteiger partial charge in [-0.25, -0.2) is 0 Å². The lowest BCUT2D eigenvalue weighted by atomic mass is 9.54. The molecular formula is C105H168BrO11PSi2. The number of halogens is 1. The number of aliphatic hydroxyl groups is 2. The molecule has 0 aromatic heterocycles. The topological polar surface area (TPSA) is 180 Å². The second-order valence-electron chi connectivity index (χ2n) is 45.5. The van der Waals surface area contributed by atoms with Crippen molar-refractivity contribution in [2.24, 2.45) is 107 Å². The monoisotopic (exact) mass is 1770 g/mol. The zero-order chi connectivity index (χ0) is 91.1. The third-order valence-corrected chi connectivity index (χ3v) is 47.1. The third-order valence-electron chi connectivity index (χ3n) is 33.3. The Morgan fingerprint density at radius 2 is 0.850 bits per heavy atom. The van der Waals surface area contributed by atoms with Gasteiger partial charge in [-0.2, -0.15) is 0 Å². The summed E-state index contributed by atoms with van der Waals surface area (Å²) in [6.45, 7) is 79.1. The number of carboxylic acids is 3. The molecular weight excluding hydrogens is 1600 g/mol. The molecule has 15 heteroatoms. The SMILES string of the molecule is C1CCOC1.CC#CC(C)(C)C(C)[C@@H](/C=C/[C@@H]1[C@H]2C/C(=C/C(C)(C)C(C)(C)C(C)(C)C(=O)O)C[C@H]2C[C@H]1O[Si](C)(C)C(C)(C)C)O[Si](C)(C)C(C)(C)C.CC#CC(C)(C)C(C)[C@H](O)/C=C/[C@@H]1[C@H]2C/C(=C/C(C)(C)C(C)(C)C(C)(C)C(=O)O)C[C@H]2C[C@H]1O.CC(C)(C[P+](c1ccccc1)(c1ccccc1)c1ccccc1)C(C)(C)C(C)(C)C(=O)O.[Br-]. The molecule has 1 aliphatic heterocycles. The maximum absolute atomic E-state index is 12.3. The Balaban J connectivity index is 0.000000373. The van der Waals surface area contributed by atoms with Gasteiger partial charge in [-0.15, -0.1) is 11.8 Å². The van der Waals surface area contributed by atoms with Gasteiger partial charge in [0.05, 0.1) is 46.8 Å². The first kappa shape index (κ1) is 108. The first-order valence-corrected chi connectivity index (χ1v) is 52.6. The molecule has 0 spiro atoms. The van der Waals surface area contributed by atoms with Gasteiger partial charge >= 0.3 is 17.9 Å². The van der Waals surface area contributed by atoms with Crippen LogP contribution in [0.5, 0.6) is 0 Å². The van der Waals surface area contributed by atoms with Crippen molar-refractivity contribution < 1.29 is 70.5 Å². The van der Waals surface area contributed by atoms with Crippen LogP contribution in [-0.2, 0) is 28.0 Å². The van der Waals surface area contributed by atoms with E-state index in [-0.39, 0.29) is 90.2 Å². The van der Waals surface area contributed by atoms with Crippen molar-refractivity contribution in [1.82, 2.24) is 0 Å². The predicted octanol–water partition coefficient (Wildman–Crippen LogP) is 22.2. The summed E-state index contributed by atoms with van der Waals surface area (Å²) >= 11 is 0. The molecule has 4 saturated carbocycles. The lowest BCUT2D eigenvalue weighted by Crippen LogP contribution is -3.00. The van der Waals surface area contributed by atoms with Crippen LogP contribution in [-0.4, -0.2) is 104 Å². The van der Waals surface area contributed by atoms with E-state index in [1.54, 1.807) is 0 Å². The van der Waals surface area contributed by atoms with E-state index in [2.05, 4.69) is 324 Å². The van der Waals surface area contributed by atoms with Crippen molar-refractivity contribution in [1.29, 1.82) is 0 Å². The molecule has 8 rings (SSSR count). The molecule has 5 aliphatic rings. The van der Waals surface area contributed by atoms with Crippen LogP contribution in [0.15, 0.2) is 139 Å². The highest BCUT2D eigenvalue weighted by Crippen LogP contribution is 2.65. The Hall–Kier alpha value is -4.71. The van der Waals surface area contributed by atoms with Gasteiger partial charge in [0.1, 0.15) is 23.2 Å². The number of ether oxygens (including phenoxy) is 1. The molecule has 0 amide bonds. The molecule has 120 heavy (non-hydrogen) atoms. The number of carbonyl (C=O) groups is 3. The number of aliphatic hydroxyl groups excluding tert-OH is 2. The molecule has 2 unspecified atom stereocenters. The Morgan fingerprint density at radius 1 is 0.500 bits per heavy atom. The van der Waals surface area contributed by atoms with Crippen LogP contribution < -0.4 is 32.9 Å². The molecule has 1 heterocycles. The van der Waals surface area contributed by atoms with Gasteiger partial charge in [-0.3, -0.25) is 14.4 Å². The van der Waals surface area contributed by atoms with Gasteiger partial charge in [0, 0.05) is 53.1 Å². The van der Waals surface area contributed by atoms with Crippen LogP contribution in [0.2, 0.25) is 36.3 Å². The van der Waals surface area contributed by atoms with E-state index in [1.807, 2.05) is 74.5 Å². The molecule has 3 aromatic carbocycles. The lowest BCUT2D eigenvalue weighted by Gasteiger charge is -2.51. The summed E-state index contributed by atoms with van der Waals surface area (Å²) in [5.74, 6) is 13.0. The van der Waals surface area contributed by atoms with E-state index in [1.165, 1.54) is 39.9 Å². The number of aliphatic carboxylic acids is 3. The standard InChI is InChI=1S/C42H76O4Si2.C30H48O4.C29H35O2P.C4H8O.BrH/c1-21-24-39(9,10)29(2)34(45-47(17,18)37(3,4)5)23-22-32-33-26-30(28-40(11,12)42(15,16)41(13,14)36(43)44)25-31(33)27-35(32)46-48(19,20)38(6,7)8;1-11-14-27(3,4)19(2)24(31)13-12-22-23-16-20(15-21(23)17-25(22)32)18-28(5,6)30(9,10)29(7,8)26(33)34;1-27(2,29(5,6)28(3,4)26(30)31)22-32(23-16-10-7-11-17-23,24-18-12-8-13-19-24)25-20-14-9-15-21-25;1-2-4-5-3-1;/h22-23,28-29,31-35H,25-27H2,1-20H3,(H,43,44);12-13,18-19,21-25,31-32H,15-17H2,1-10H3,(H,33,34);7-21H,22H2,1-6H3;1-4H2;1H/b23-22+,30-28+;13-12+,20-18+;;;/t29?,31-,32+,33-,34+,35+;19?,21-,22+,23-,24+,25+;;;/m00.../s1. The van der Waals surface area contributed by atoms with Crippen molar-refractivity contribution in [2.75, 3.05) is 19.4 Å². The van der Waals surface area contributed by atoms with Crippen molar-refractivity contribution in [3.63, 3.8) is 0 Å². The summed E-state index contributed by atoms with van der Waals surface area (Å²) in [5.41, 5.74) is -2.45. The molecule has 674 valence electrons. The zero-order valence-corrected chi connectivity index (χ0v) is 86.3. The number of hydrogen-bond acceptors (Lipinski definition) is 8. The fourth-order valence-corrected chi connectivity index (χ4v) is 26.1. The summed E-state index contributed by atoms with van der Waals surface area (Å²) in [5, 5.41) is 55.8. The second kappa shape index (κ2) is 40.5. The molecule has 3 aromatic rings. The van der Waals surface area contributed by atoms with Crippen LogP contribution in [0.25, 0.3) is 0 Å². The van der Waals surface area contributed by atoms with Crippen molar-refractivity contribution in [2.45, 2.75) is 334 Å². The Morgan fingerprint density at radius 3 is 1.20 bits per heavy atom. The van der Waals surface area contributed by atoms with Gasteiger partial charge < -0.3 is 56.1 Å². The lowest BCUT2D eigenvalue weighted by molar-refractivity contribution is -0.160. The minimum atomic E-state index is -2.07. The third kappa shape index (κ3) is 23.9. The summed E-state index contributed by atoms with van der Waals surface area (Å²) < 4.78 is 19.4. The minimum absolute atomic E-state index is 0. The molecule has 5 fully saturated rings. The molecule has 12 atom stereocenters. The second-order valence-corrected chi connectivity index (χ2v) is 58.5. The van der Waals surface area contributed by atoms with E-state index in [0.29, 0.717) is 29.6 Å². The average molecular weight is 1770 g/mol. The summed E-state index contributed by atoms with van der Waals surface area (Å²) in [6, 6.07) is 32.4. The van der Waals surface area contributed by atoms with Crippen LogP contribution in [0.3, 0.4) is 0 Å². The Labute approximate surface area is 745 Å². The maximum Gasteiger partial charge on any atom is 0.309 e. The number of carboxylic acid groups (broad SMARTS) is 3. The fourth-order valence-electron chi connectivity index (χ4n) is 18.3. The first-order chi connectivity index (χ1) is 54.1. The van der Waals surface area contributed by atoms with Crippen molar-refractivity contribution >= 4 is 57.7 Å². The number of rotatable bonds is 28. The van der Waals surface area contributed by atoms with Crippen LogP contribution >= 0.6 is 7.26 Å². The van der Waals surface area contributed by atoms with Crippen LogP contribution in [0.1, 0.15) is 273 Å². The number of hydrogen-bond donors (Lipinski definition) is 5. The summed E-state index contributed by atoms with van der Waals surface area (Å²) in [6.07, 6.45) is 22.0. The van der Waals surface area contributed by atoms with Gasteiger partial charge in [0.25, 0.3) is 0 Å². The van der Waals surface area contributed by atoms with Gasteiger partial charge in [-0.05, 0) is 258 Å². The van der Waals surface area contributed by atoms with Gasteiger partial charge in [0.2, 0.25) is 0 Å². The molecule has 5 N–H and O–H groups in total. The highest BCUT2D eigenvalue weighted by molar-refractivity contribution is 7.95. The van der Waals surface area contributed by atoms with E-state index >= 15 is 0 Å². The quantitative estimate of drug-likeness (QED) is 0.0202. The van der Waals surface area contributed by atoms with Crippen LogP contribution in [0, 0.1) is 131 Å². The van der Waals surface area contributed by atoms with Crippen molar-refractivity contribution in [3.05, 3.63) is 139 Å². The maximum atomic E-state index is 12.3. The largest absolute Gasteiger partial charge is 1.00 e. The van der Waals surface area contributed by atoms with E-state index in [0.717, 1.165) is 57.9 Å². The predicted molar refractivity (Wildman–Crippen MR) is 509 cm³/mol. The van der Waals surface area contributed by atoms with Crippen LogP contribution in [0.4, 0.5) is 0 Å². The molecule has 0 radical (unpaired) electrons. The molecule has 4 aliphatic carbocycles. The highest BCUT2D eigenvalue weighted by Gasteiger charge is 2.60. The molecule has 1 saturated heterocycles. The highest BCUT2D eigenvalue weighted by atomic mass is 79.9. The van der Waals surface area contributed by atoms with Gasteiger partial charge in [0.15, 0.2) is 16.6 Å². The minimum Gasteiger partial charge on any atom is -1.00 e. The number of fused-ring (bicyclic) bond motifs is 2. The Kier molecular flexibility index (Phi) is 36.3. The van der Waals surface area contributed by atoms with Gasteiger partial charge in [-0.1, -0.05) is 253 Å². The number of benzene rings is 3. The molecule has 0 bridgehead atoms. The fraction of sp³-hybridized carbons (Fsp3) is 0.686. The first-order valence-electron chi connectivity index (χ1n) is 44.8. The Bertz CT molecular complexity index is 4010. The van der Waals surface area contributed by atoms with E-state index in [4.69, 9.17) is 13.6 Å². The zero-order valence-electron chi connectivity index (χ0n) is 81.8. The smallest absolute Gasteiger partial charge is 0.309 e. The normalized spacial score (nSPS) is 23.0. The summed E-state index contributed by atoms with van der Waals surface area (Å²) in [4.78, 5) is 36.6. The average Bonchev–Trinajstić information content (AvgIpc) is 1.47.